The van der Waals surface area contributed by atoms with Crippen LogP contribution in [0, 0.1) is 5.92 Å². The van der Waals surface area contributed by atoms with Crippen molar-refractivity contribution < 1.29 is 0 Å². The molecule has 0 aromatic carbocycles. The summed E-state index contributed by atoms with van der Waals surface area (Å²) < 4.78 is 0. The van der Waals surface area contributed by atoms with Gasteiger partial charge in [-0.05, 0) is 25.1 Å². The summed E-state index contributed by atoms with van der Waals surface area (Å²) in [5.41, 5.74) is 0. The second-order valence-corrected chi connectivity index (χ2v) is 3.31. The van der Waals surface area contributed by atoms with E-state index >= 15 is 0 Å². The molecule has 0 saturated heterocycles. The van der Waals surface area contributed by atoms with Gasteiger partial charge in [-0.1, -0.05) is 13.8 Å². The van der Waals surface area contributed by atoms with E-state index in [1.807, 2.05) is 4.90 Å². The molecule has 1 heterocycles. The molecule has 1 unspecified atom stereocenters. The molecular weight excluding hydrogens is 158 g/mol. The quantitative estimate of drug-likeness (QED) is 0.595. The molecule has 11 heavy (non-hydrogen) atoms. The molecule has 0 fully saturated rings. The van der Waals surface area contributed by atoms with Crippen LogP contribution < -0.4 is 0 Å². The standard InChI is InChI=1S/C7H13N3S/c1-4-10-6(5(2)3)8-9-7(10)11/h5-6H,4H2,1-3H3. The van der Waals surface area contributed by atoms with Crippen LogP contribution in [0.3, 0.4) is 0 Å². The lowest BCUT2D eigenvalue weighted by atomic mass is 10.1. The number of hydrogen-bond donors (Lipinski definition) is 0. The third kappa shape index (κ3) is 1.56. The average Bonchev–Trinajstić information content (AvgIpc) is 2.30. The van der Waals surface area contributed by atoms with Gasteiger partial charge in [-0.3, -0.25) is 0 Å². The van der Waals surface area contributed by atoms with Crippen molar-refractivity contribution in [3.63, 3.8) is 0 Å². The van der Waals surface area contributed by atoms with Crippen LogP contribution in [0.15, 0.2) is 10.2 Å². The highest BCUT2D eigenvalue weighted by Crippen LogP contribution is 2.19. The van der Waals surface area contributed by atoms with Gasteiger partial charge in [0.2, 0.25) is 5.11 Å². The Bertz CT molecular complexity index is 188. The molecule has 3 nitrogen and oxygen atoms in total. The van der Waals surface area contributed by atoms with Gasteiger partial charge in [-0.2, -0.15) is 5.11 Å². The van der Waals surface area contributed by atoms with Crippen LogP contribution in [-0.2, 0) is 0 Å². The number of rotatable bonds is 2. The van der Waals surface area contributed by atoms with Gasteiger partial charge in [0.25, 0.3) is 0 Å². The van der Waals surface area contributed by atoms with Crippen LogP contribution in [0.2, 0.25) is 0 Å². The lowest BCUT2D eigenvalue weighted by Crippen LogP contribution is -2.35. The third-order valence-corrected chi connectivity index (χ3v) is 2.08. The molecule has 62 valence electrons. The first-order valence-corrected chi connectivity index (χ1v) is 4.29. The first-order valence-electron chi connectivity index (χ1n) is 3.88. The van der Waals surface area contributed by atoms with E-state index in [1.54, 1.807) is 0 Å². The zero-order valence-electron chi connectivity index (χ0n) is 7.11. The maximum atomic E-state index is 5.00. The summed E-state index contributed by atoms with van der Waals surface area (Å²) in [6.45, 7) is 7.22. The zero-order valence-corrected chi connectivity index (χ0v) is 7.93. The van der Waals surface area contributed by atoms with Gasteiger partial charge in [0.05, 0.1) is 0 Å². The highest BCUT2D eigenvalue weighted by Gasteiger charge is 2.26. The maximum absolute atomic E-state index is 5.00. The molecule has 4 heteroatoms. The van der Waals surface area contributed by atoms with Crippen LogP contribution in [0.1, 0.15) is 20.8 Å². The Labute approximate surface area is 72.5 Å². The van der Waals surface area contributed by atoms with Crippen LogP contribution in [-0.4, -0.2) is 22.7 Å². The van der Waals surface area contributed by atoms with Crippen molar-refractivity contribution in [2.24, 2.45) is 16.1 Å². The Kier molecular flexibility index (Phi) is 2.54. The number of thiocarbonyl (C=S) groups is 1. The zero-order chi connectivity index (χ0) is 8.43. The second kappa shape index (κ2) is 3.26. The van der Waals surface area contributed by atoms with E-state index in [4.69, 9.17) is 12.2 Å². The lowest BCUT2D eigenvalue weighted by molar-refractivity contribution is 0.283. The molecule has 0 radical (unpaired) electrons. The molecule has 0 saturated carbocycles. The minimum absolute atomic E-state index is 0.174. The van der Waals surface area contributed by atoms with Crippen LogP contribution in [0.4, 0.5) is 0 Å². The molecule has 1 atom stereocenters. The Balaban J connectivity index is 2.68. The summed E-state index contributed by atoms with van der Waals surface area (Å²) in [6, 6.07) is 0. The second-order valence-electron chi connectivity index (χ2n) is 2.94. The summed E-state index contributed by atoms with van der Waals surface area (Å²) in [5.74, 6) is 0.485. The van der Waals surface area contributed by atoms with Crippen molar-refractivity contribution in [1.29, 1.82) is 0 Å². The van der Waals surface area contributed by atoms with Crippen molar-refractivity contribution >= 4 is 17.3 Å². The molecule has 0 aliphatic carbocycles. The van der Waals surface area contributed by atoms with Gasteiger partial charge in [0.1, 0.15) is 6.17 Å². The van der Waals surface area contributed by atoms with E-state index in [9.17, 15) is 0 Å². The lowest BCUT2D eigenvalue weighted by Gasteiger charge is -2.23. The van der Waals surface area contributed by atoms with Crippen molar-refractivity contribution in [3.8, 4) is 0 Å². The van der Waals surface area contributed by atoms with Gasteiger partial charge in [-0.25, -0.2) is 0 Å². The Morgan fingerprint density at radius 3 is 2.64 bits per heavy atom. The van der Waals surface area contributed by atoms with Crippen LogP contribution in [0.25, 0.3) is 0 Å². The van der Waals surface area contributed by atoms with Gasteiger partial charge in [-0.15, -0.1) is 5.11 Å². The van der Waals surface area contributed by atoms with E-state index in [0.717, 1.165) is 6.54 Å². The predicted molar refractivity (Wildman–Crippen MR) is 48.5 cm³/mol. The fraction of sp³-hybridized carbons (Fsp3) is 0.857. The summed E-state index contributed by atoms with van der Waals surface area (Å²) in [6.07, 6.45) is 0.174. The van der Waals surface area contributed by atoms with Crippen molar-refractivity contribution in [2.75, 3.05) is 6.54 Å². The van der Waals surface area contributed by atoms with E-state index < -0.39 is 0 Å². The fourth-order valence-corrected chi connectivity index (χ4v) is 1.44. The van der Waals surface area contributed by atoms with Crippen molar-refractivity contribution in [3.05, 3.63) is 0 Å². The van der Waals surface area contributed by atoms with Gasteiger partial charge in [0, 0.05) is 6.54 Å². The van der Waals surface area contributed by atoms with Crippen molar-refractivity contribution in [1.82, 2.24) is 4.90 Å². The normalized spacial score (nSPS) is 23.8. The predicted octanol–water partition coefficient (Wildman–Crippen LogP) is 2.04. The smallest absolute Gasteiger partial charge is 0.217 e. The van der Waals surface area contributed by atoms with E-state index in [1.165, 1.54) is 0 Å². The van der Waals surface area contributed by atoms with E-state index in [0.29, 0.717) is 11.0 Å². The van der Waals surface area contributed by atoms with Gasteiger partial charge < -0.3 is 4.90 Å². The molecule has 1 rings (SSSR count). The average molecular weight is 171 g/mol. The molecule has 0 spiro atoms. The molecule has 0 N–H and O–H groups in total. The highest BCUT2D eigenvalue weighted by atomic mass is 32.1. The SMILES string of the molecule is CCN1C(=S)N=NC1C(C)C. The Morgan fingerprint density at radius 1 is 1.64 bits per heavy atom. The molecule has 1 aliphatic rings. The minimum Gasteiger partial charge on any atom is -0.322 e. The largest absolute Gasteiger partial charge is 0.322 e. The highest BCUT2D eigenvalue weighted by molar-refractivity contribution is 7.80. The Hall–Kier alpha value is -0.510. The molecular formula is C7H13N3S. The number of nitrogens with zero attached hydrogens (tertiary/aromatic N) is 3. The number of hydrogen-bond acceptors (Lipinski definition) is 2. The molecule has 1 aliphatic heterocycles. The van der Waals surface area contributed by atoms with Gasteiger partial charge in [0.15, 0.2) is 0 Å². The molecule has 0 bridgehead atoms. The Morgan fingerprint density at radius 2 is 2.27 bits per heavy atom. The van der Waals surface area contributed by atoms with E-state index in [-0.39, 0.29) is 6.17 Å². The first kappa shape index (κ1) is 8.59. The van der Waals surface area contributed by atoms with Crippen LogP contribution >= 0.6 is 12.2 Å². The van der Waals surface area contributed by atoms with E-state index in [2.05, 4.69) is 31.0 Å². The summed E-state index contributed by atoms with van der Waals surface area (Å²) in [5, 5.41) is 8.58. The molecule has 0 aromatic rings. The van der Waals surface area contributed by atoms with Crippen molar-refractivity contribution in [2.45, 2.75) is 26.9 Å². The number of azo groups is 1. The monoisotopic (exact) mass is 171 g/mol. The minimum atomic E-state index is 0.174. The first-order chi connectivity index (χ1) is 5.16. The topological polar surface area (TPSA) is 28.0 Å². The molecule has 0 amide bonds. The fourth-order valence-electron chi connectivity index (χ4n) is 1.16. The third-order valence-electron chi connectivity index (χ3n) is 1.76. The maximum Gasteiger partial charge on any atom is 0.217 e. The summed E-state index contributed by atoms with van der Waals surface area (Å²) in [4.78, 5) is 2.04. The molecule has 0 aromatic heterocycles. The van der Waals surface area contributed by atoms with Gasteiger partial charge >= 0.3 is 0 Å². The van der Waals surface area contributed by atoms with Crippen LogP contribution in [0.5, 0.6) is 0 Å². The summed E-state index contributed by atoms with van der Waals surface area (Å²) in [7, 11) is 0. The summed E-state index contributed by atoms with van der Waals surface area (Å²) >= 11 is 5.00.